The van der Waals surface area contributed by atoms with E-state index in [4.69, 9.17) is 0 Å². The zero-order chi connectivity index (χ0) is 20.2. The molecule has 0 bridgehead atoms. The summed E-state index contributed by atoms with van der Waals surface area (Å²) in [6, 6.07) is 7.19. The average molecular weight is 408 g/mol. The Hall–Kier alpha value is -3.20. The molecule has 9 heteroatoms. The van der Waals surface area contributed by atoms with Crippen LogP contribution in [-0.2, 0) is 17.3 Å². The van der Waals surface area contributed by atoms with Crippen molar-refractivity contribution < 1.29 is 9.59 Å². The van der Waals surface area contributed by atoms with Gasteiger partial charge in [-0.2, -0.15) is 0 Å². The van der Waals surface area contributed by atoms with Crippen LogP contribution in [0.25, 0.3) is 0 Å². The van der Waals surface area contributed by atoms with Gasteiger partial charge in [0.1, 0.15) is 23.0 Å². The number of imidazole rings is 1. The number of nitrogens with zero attached hydrogens (tertiary/aromatic N) is 4. The topological polar surface area (TPSA) is 92.2 Å². The van der Waals surface area contributed by atoms with Crippen molar-refractivity contribution in [3.63, 3.8) is 0 Å². The number of hydrogen-bond acceptors (Lipinski definition) is 6. The summed E-state index contributed by atoms with van der Waals surface area (Å²) in [6.07, 6.45) is 4.07. The van der Waals surface area contributed by atoms with Gasteiger partial charge in [0.25, 0.3) is 5.91 Å². The van der Waals surface area contributed by atoms with Gasteiger partial charge in [-0.05, 0) is 18.1 Å². The van der Waals surface area contributed by atoms with Gasteiger partial charge in [0.2, 0.25) is 5.91 Å². The van der Waals surface area contributed by atoms with E-state index in [9.17, 15) is 9.59 Å². The van der Waals surface area contributed by atoms with Gasteiger partial charge in [-0.25, -0.2) is 9.97 Å². The normalized spacial score (nSPS) is 22.8. The van der Waals surface area contributed by atoms with E-state index >= 15 is 0 Å². The van der Waals surface area contributed by atoms with Crippen molar-refractivity contribution in [1.82, 2.24) is 19.4 Å². The number of para-hydroxylation sites is 1. The third-order valence-electron chi connectivity index (χ3n) is 5.89. The highest BCUT2D eigenvalue weighted by atomic mass is 32.1. The SMILES string of the molecule is CNc1nc(C(=O)N2CC[C@]3(C(=O)Nc4ccccc43)[C@@H]2c2nccn2C)cs1. The van der Waals surface area contributed by atoms with E-state index < -0.39 is 11.5 Å². The lowest BCUT2D eigenvalue weighted by atomic mass is 9.74. The quantitative estimate of drug-likeness (QED) is 0.694. The number of amides is 2. The van der Waals surface area contributed by atoms with Gasteiger partial charge in [0.15, 0.2) is 5.13 Å². The summed E-state index contributed by atoms with van der Waals surface area (Å²) >= 11 is 1.38. The first kappa shape index (κ1) is 17.9. The van der Waals surface area contributed by atoms with E-state index in [-0.39, 0.29) is 11.8 Å². The number of carbonyl (C=O) groups excluding carboxylic acids is 2. The van der Waals surface area contributed by atoms with Crippen molar-refractivity contribution in [2.24, 2.45) is 7.05 Å². The highest BCUT2D eigenvalue weighted by Gasteiger charge is 2.60. The van der Waals surface area contributed by atoms with E-state index in [1.165, 1.54) is 11.3 Å². The number of hydrogen-bond donors (Lipinski definition) is 2. The maximum atomic E-state index is 13.4. The molecular formula is C20H20N6O2S. The highest BCUT2D eigenvalue weighted by Crippen LogP contribution is 2.54. The van der Waals surface area contributed by atoms with Gasteiger partial charge in [0.05, 0.1) is 0 Å². The molecule has 1 fully saturated rings. The zero-order valence-corrected chi connectivity index (χ0v) is 16.9. The molecule has 4 heterocycles. The van der Waals surface area contributed by atoms with Crippen molar-refractivity contribution in [2.45, 2.75) is 17.9 Å². The number of fused-ring (bicyclic) bond motifs is 2. The molecule has 2 aromatic heterocycles. The van der Waals surface area contributed by atoms with E-state index in [0.29, 0.717) is 29.6 Å². The standard InChI is InChI=1S/C20H20N6O2S/c1-21-19-24-14(11-29-19)17(27)26-9-7-20(15(26)16-22-8-10-25(16)2)12-5-3-4-6-13(12)23-18(20)28/h3-6,8,10-11,15H,7,9H2,1-2H3,(H,21,24)(H,23,28)/t15-,20+/m0/s1. The van der Waals surface area contributed by atoms with Crippen molar-refractivity contribution >= 4 is 34.0 Å². The molecule has 3 aromatic rings. The monoisotopic (exact) mass is 408 g/mol. The lowest BCUT2D eigenvalue weighted by Crippen LogP contribution is -2.43. The molecule has 1 spiro atoms. The molecule has 29 heavy (non-hydrogen) atoms. The number of nitrogens with one attached hydrogen (secondary N) is 2. The summed E-state index contributed by atoms with van der Waals surface area (Å²) in [7, 11) is 3.66. The molecule has 0 saturated carbocycles. The van der Waals surface area contributed by atoms with Gasteiger partial charge in [-0.15, -0.1) is 11.3 Å². The number of carbonyl (C=O) groups is 2. The predicted octanol–water partition coefficient (Wildman–Crippen LogP) is 2.40. The number of benzene rings is 1. The number of anilines is 2. The lowest BCUT2D eigenvalue weighted by Gasteiger charge is -2.33. The smallest absolute Gasteiger partial charge is 0.274 e. The van der Waals surface area contributed by atoms with Gasteiger partial charge < -0.3 is 20.1 Å². The van der Waals surface area contributed by atoms with Gasteiger partial charge >= 0.3 is 0 Å². The third kappa shape index (κ3) is 2.43. The van der Waals surface area contributed by atoms with E-state index in [1.807, 2.05) is 42.1 Å². The number of likely N-dealkylation sites (tertiary alicyclic amines) is 1. The zero-order valence-electron chi connectivity index (χ0n) is 16.0. The van der Waals surface area contributed by atoms with Crippen LogP contribution in [0.1, 0.15) is 34.3 Å². The Morgan fingerprint density at radius 1 is 1.38 bits per heavy atom. The van der Waals surface area contributed by atoms with Crippen LogP contribution in [0.3, 0.4) is 0 Å². The van der Waals surface area contributed by atoms with Crippen LogP contribution >= 0.6 is 11.3 Å². The van der Waals surface area contributed by atoms with Crippen LogP contribution < -0.4 is 10.6 Å². The Labute approximate surface area is 171 Å². The number of aryl methyl sites for hydroxylation is 1. The van der Waals surface area contributed by atoms with E-state index in [0.717, 1.165) is 11.3 Å². The molecule has 2 aliphatic rings. The lowest BCUT2D eigenvalue weighted by molar-refractivity contribution is -0.121. The minimum atomic E-state index is -0.868. The molecule has 0 aliphatic carbocycles. The fraction of sp³-hybridized carbons (Fsp3) is 0.300. The third-order valence-corrected chi connectivity index (χ3v) is 6.75. The summed E-state index contributed by atoms with van der Waals surface area (Å²) < 4.78 is 1.88. The minimum absolute atomic E-state index is 0.0869. The van der Waals surface area contributed by atoms with Gasteiger partial charge in [-0.1, -0.05) is 18.2 Å². The summed E-state index contributed by atoms with van der Waals surface area (Å²) in [5, 5.41) is 8.41. The van der Waals surface area contributed by atoms with Gasteiger partial charge in [0, 0.05) is 44.1 Å². The van der Waals surface area contributed by atoms with E-state index in [1.54, 1.807) is 23.5 Å². The molecule has 8 nitrogen and oxygen atoms in total. The summed E-state index contributed by atoms with van der Waals surface area (Å²) in [5.74, 6) is 0.410. The van der Waals surface area contributed by atoms with Gasteiger partial charge in [-0.3, -0.25) is 9.59 Å². The second-order valence-corrected chi connectivity index (χ2v) is 8.16. The van der Waals surface area contributed by atoms with Crippen molar-refractivity contribution in [3.8, 4) is 0 Å². The summed E-state index contributed by atoms with van der Waals surface area (Å²) in [5.41, 5.74) is 1.23. The Kier molecular flexibility index (Phi) is 3.95. The fourth-order valence-corrected chi connectivity index (χ4v) is 5.18. The molecule has 0 unspecified atom stereocenters. The first-order chi connectivity index (χ1) is 14.1. The Bertz CT molecular complexity index is 1120. The molecule has 148 valence electrons. The van der Waals surface area contributed by atoms with Crippen LogP contribution in [-0.4, -0.2) is 44.8 Å². The van der Waals surface area contributed by atoms with Crippen LogP contribution in [0.2, 0.25) is 0 Å². The number of thiazole rings is 1. The van der Waals surface area contributed by atoms with E-state index in [2.05, 4.69) is 20.6 Å². The Morgan fingerprint density at radius 3 is 2.93 bits per heavy atom. The average Bonchev–Trinajstić information content (AvgIpc) is 3.49. The second kappa shape index (κ2) is 6.41. The second-order valence-electron chi connectivity index (χ2n) is 7.31. The van der Waals surface area contributed by atoms with Crippen molar-refractivity contribution in [3.05, 3.63) is 59.1 Å². The van der Waals surface area contributed by atoms with Crippen LogP contribution in [0.5, 0.6) is 0 Å². The predicted molar refractivity (Wildman–Crippen MR) is 110 cm³/mol. The fourth-order valence-electron chi connectivity index (χ4n) is 4.54. The van der Waals surface area contributed by atoms with Crippen molar-refractivity contribution in [2.75, 3.05) is 24.2 Å². The number of rotatable bonds is 3. The number of aromatic nitrogens is 3. The Balaban J connectivity index is 1.66. The van der Waals surface area contributed by atoms with Crippen LogP contribution in [0.15, 0.2) is 42.0 Å². The molecule has 1 aromatic carbocycles. The molecule has 2 aliphatic heterocycles. The van der Waals surface area contributed by atoms with Crippen LogP contribution in [0.4, 0.5) is 10.8 Å². The molecule has 2 amide bonds. The Morgan fingerprint density at radius 2 is 2.21 bits per heavy atom. The van der Waals surface area contributed by atoms with Crippen LogP contribution in [0, 0.1) is 0 Å². The molecule has 1 saturated heterocycles. The minimum Gasteiger partial charge on any atom is -0.365 e. The molecule has 2 atom stereocenters. The molecule has 0 radical (unpaired) electrons. The first-order valence-electron chi connectivity index (χ1n) is 9.38. The molecule has 2 N–H and O–H groups in total. The summed E-state index contributed by atoms with van der Waals surface area (Å²) in [4.78, 5) is 37.4. The first-order valence-corrected chi connectivity index (χ1v) is 10.3. The molecular weight excluding hydrogens is 388 g/mol. The molecule has 5 rings (SSSR count). The summed E-state index contributed by atoms with van der Waals surface area (Å²) in [6.45, 7) is 0.449. The van der Waals surface area contributed by atoms with Crippen molar-refractivity contribution in [1.29, 1.82) is 0 Å². The largest absolute Gasteiger partial charge is 0.365 e. The highest BCUT2D eigenvalue weighted by molar-refractivity contribution is 7.13. The maximum Gasteiger partial charge on any atom is 0.274 e. The maximum absolute atomic E-state index is 13.4.